The number of benzene rings is 1. The fraction of sp³-hybridized carbons (Fsp3) is 0.286. The van der Waals surface area contributed by atoms with E-state index in [-0.39, 0.29) is 29.0 Å². The molecule has 4 nitrogen and oxygen atoms in total. The third-order valence-corrected chi connectivity index (χ3v) is 4.36. The van der Waals surface area contributed by atoms with Crippen LogP contribution in [-0.2, 0) is 14.3 Å². The Kier molecular flexibility index (Phi) is 2.35. The van der Waals surface area contributed by atoms with Gasteiger partial charge in [-0.2, -0.15) is 0 Å². The molecular formula is C14H9ClFNO3. The largest absolute Gasteiger partial charge is 0.365 e. The molecule has 0 aliphatic carbocycles. The molecule has 0 N–H and O–H groups in total. The zero-order valence-corrected chi connectivity index (χ0v) is 10.9. The maximum atomic E-state index is 13.2. The zero-order chi connectivity index (χ0) is 14.0. The number of hydrogen-bond acceptors (Lipinski definition) is 3. The van der Waals surface area contributed by atoms with Crippen LogP contribution < -0.4 is 4.90 Å². The molecule has 102 valence electrons. The minimum atomic E-state index is -0.584. The molecular weight excluding hydrogens is 285 g/mol. The molecule has 4 atom stereocenters. The smallest absolute Gasteiger partial charge is 0.240 e. The van der Waals surface area contributed by atoms with Gasteiger partial charge in [-0.1, -0.05) is 23.8 Å². The van der Waals surface area contributed by atoms with E-state index in [1.165, 1.54) is 12.1 Å². The molecule has 0 unspecified atom stereocenters. The number of anilines is 1. The minimum absolute atomic E-state index is 0.113. The first-order valence-electron chi connectivity index (χ1n) is 6.24. The van der Waals surface area contributed by atoms with Crippen LogP contribution in [0.25, 0.3) is 0 Å². The lowest BCUT2D eigenvalue weighted by Crippen LogP contribution is -2.34. The third-order valence-electron chi connectivity index (χ3n) is 4.07. The second-order valence-corrected chi connectivity index (χ2v) is 5.52. The van der Waals surface area contributed by atoms with Gasteiger partial charge in [0.2, 0.25) is 11.8 Å². The Morgan fingerprint density at radius 1 is 1.10 bits per heavy atom. The molecule has 2 saturated heterocycles. The van der Waals surface area contributed by atoms with Crippen molar-refractivity contribution in [1.82, 2.24) is 0 Å². The summed E-state index contributed by atoms with van der Waals surface area (Å²) in [4.78, 5) is 26.0. The highest BCUT2D eigenvalue weighted by molar-refractivity contribution is 6.31. The molecule has 3 aliphatic rings. The molecule has 0 radical (unpaired) electrons. The normalized spacial score (nSPS) is 34.2. The van der Waals surface area contributed by atoms with Gasteiger partial charge >= 0.3 is 0 Å². The van der Waals surface area contributed by atoms with E-state index in [4.69, 9.17) is 16.3 Å². The van der Waals surface area contributed by atoms with Crippen molar-refractivity contribution >= 4 is 29.1 Å². The van der Waals surface area contributed by atoms with Gasteiger partial charge in [0.05, 0.1) is 34.8 Å². The number of hydrogen-bond donors (Lipinski definition) is 0. The molecule has 0 saturated carbocycles. The van der Waals surface area contributed by atoms with E-state index < -0.39 is 17.7 Å². The van der Waals surface area contributed by atoms with E-state index in [9.17, 15) is 14.0 Å². The summed E-state index contributed by atoms with van der Waals surface area (Å²) in [5.41, 5.74) is 0.306. The average Bonchev–Trinajstić information content (AvgIpc) is 3.08. The van der Waals surface area contributed by atoms with Crippen molar-refractivity contribution in [3.63, 3.8) is 0 Å². The maximum Gasteiger partial charge on any atom is 0.240 e. The second-order valence-electron chi connectivity index (χ2n) is 5.11. The highest BCUT2D eigenvalue weighted by atomic mass is 35.5. The molecule has 1 aromatic carbocycles. The van der Waals surface area contributed by atoms with E-state index in [0.29, 0.717) is 5.69 Å². The molecule has 2 bridgehead atoms. The average molecular weight is 294 g/mol. The van der Waals surface area contributed by atoms with Crippen LogP contribution >= 0.6 is 11.6 Å². The monoisotopic (exact) mass is 293 g/mol. The molecule has 2 amide bonds. The lowest BCUT2D eigenvalue weighted by molar-refractivity contribution is -0.124. The number of imide groups is 1. The van der Waals surface area contributed by atoms with Crippen LogP contribution in [0.1, 0.15) is 0 Å². The zero-order valence-electron chi connectivity index (χ0n) is 10.1. The second kappa shape index (κ2) is 3.90. The maximum absolute atomic E-state index is 13.2. The Labute approximate surface area is 118 Å². The van der Waals surface area contributed by atoms with Crippen molar-refractivity contribution in [3.05, 3.63) is 41.2 Å². The molecule has 6 heteroatoms. The molecule has 4 rings (SSSR count). The summed E-state index contributed by atoms with van der Waals surface area (Å²) in [7, 11) is 0. The van der Waals surface area contributed by atoms with Gasteiger partial charge < -0.3 is 4.74 Å². The Balaban J connectivity index is 1.76. The summed E-state index contributed by atoms with van der Waals surface area (Å²) in [5.74, 6) is -2.14. The van der Waals surface area contributed by atoms with Crippen LogP contribution in [0.5, 0.6) is 0 Å². The summed E-state index contributed by atoms with van der Waals surface area (Å²) in [6, 6.07) is 3.83. The number of amides is 2. The van der Waals surface area contributed by atoms with E-state index in [1.807, 2.05) is 12.2 Å². The van der Waals surface area contributed by atoms with Crippen LogP contribution in [-0.4, -0.2) is 24.0 Å². The fourth-order valence-corrected chi connectivity index (χ4v) is 3.36. The first-order valence-corrected chi connectivity index (χ1v) is 6.62. The van der Waals surface area contributed by atoms with E-state index in [0.717, 1.165) is 11.0 Å². The van der Waals surface area contributed by atoms with Crippen LogP contribution in [0.4, 0.5) is 10.1 Å². The number of rotatable bonds is 1. The van der Waals surface area contributed by atoms with Gasteiger partial charge in [-0.25, -0.2) is 9.29 Å². The van der Waals surface area contributed by atoms with Gasteiger partial charge in [0.1, 0.15) is 5.82 Å². The van der Waals surface area contributed by atoms with Crippen molar-refractivity contribution in [2.45, 2.75) is 12.2 Å². The van der Waals surface area contributed by atoms with Crippen molar-refractivity contribution in [2.75, 3.05) is 4.90 Å². The summed E-state index contributed by atoms with van der Waals surface area (Å²) in [6.45, 7) is 0. The number of ether oxygens (including phenoxy) is 1. The Hall–Kier alpha value is -1.72. The van der Waals surface area contributed by atoms with Crippen LogP contribution in [0, 0.1) is 17.7 Å². The van der Waals surface area contributed by atoms with Gasteiger partial charge in [-0.15, -0.1) is 0 Å². The molecule has 0 aromatic heterocycles. The molecule has 3 aliphatic heterocycles. The third kappa shape index (κ3) is 1.39. The first-order chi connectivity index (χ1) is 9.58. The lowest BCUT2D eigenvalue weighted by Gasteiger charge is -2.17. The van der Waals surface area contributed by atoms with E-state index in [1.54, 1.807) is 0 Å². The Bertz CT molecular complexity index is 644. The first kappa shape index (κ1) is 12.1. The highest BCUT2D eigenvalue weighted by Crippen LogP contribution is 2.46. The number of fused-ring (bicyclic) bond motifs is 5. The SMILES string of the molecule is O=C1[C@@H]2[C@@H](C(=O)N1c1ccc(F)c(Cl)c1)[C@@H]1C=C[C@@H]2O1. The molecule has 3 heterocycles. The van der Waals surface area contributed by atoms with Crippen molar-refractivity contribution in [2.24, 2.45) is 11.8 Å². The quantitative estimate of drug-likeness (QED) is 0.587. The molecule has 0 spiro atoms. The number of halogens is 2. The number of carbonyl (C=O) groups excluding carboxylic acids is 2. The van der Waals surface area contributed by atoms with Gasteiger partial charge in [-0.05, 0) is 18.2 Å². The van der Waals surface area contributed by atoms with Crippen molar-refractivity contribution < 1.29 is 18.7 Å². The van der Waals surface area contributed by atoms with Crippen LogP contribution in [0.2, 0.25) is 5.02 Å². The van der Waals surface area contributed by atoms with E-state index in [2.05, 4.69) is 0 Å². The number of nitrogens with zero attached hydrogens (tertiary/aromatic N) is 1. The minimum Gasteiger partial charge on any atom is -0.365 e. The predicted molar refractivity (Wildman–Crippen MR) is 68.7 cm³/mol. The van der Waals surface area contributed by atoms with Gasteiger partial charge in [-0.3, -0.25) is 9.59 Å². The lowest BCUT2D eigenvalue weighted by atomic mass is 9.85. The Morgan fingerprint density at radius 3 is 2.25 bits per heavy atom. The summed E-state index contributed by atoms with van der Waals surface area (Å²) in [6.07, 6.45) is 2.97. The Morgan fingerprint density at radius 2 is 1.70 bits per heavy atom. The molecule has 1 aromatic rings. The summed E-state index contributed by atoms with van der Waals surface area (Å²) < 4.78 is 18.7. The summed E-state index contributed by atoms with van der Waals surface area (Å²) >= 11 is 5.72. The van der Waals surface area contributed by atoms with Gasteiger partial charge in [0.25, 0.3) is 0 Å². The van der Waals surface area contributed by atoms with Gasteiger partial charge in [0, 0.05) is 0 Å². The predicted octanol–water partition coefficient (Wildman–Crippen LogP) is 1.92. The topological polar surface area (TPSA) is 46.6 Å². The molecule has 2 fully saturated rings. The van der Waals surface area contributed by atoms with Crippen molar-refractivity contribution in [1.29, 1.82) is 0 Å². The van der Waals surface area contributed by atoms with Crippen LogP contribution in [0.3, 0.4) is 0 Å². The fourth-order valence-electron chi connectivity index (χ4n) is 3.18. The van der Waals surface area contributed by atoms with Crippen molar-refractivity contribution in [3.8, 4) is 0 Å². The summed E-state index contributed by atoms with van der Waals surface area (Å²) in [5, 5.41) is -0.113. The highest BCUT2D eigenvalue weighted by Gasteiger charge is 2.61. The standard InChI is InChI=1S/C14H9ClFNO3/c15-7-5-6(1-2-8(7)16)17-13(18)11-9-3-4-10(20-9)12(11)14(17)19/h1-5,9-12H/t9-,10-,11-,12-/m0/s1. The molecule has 20 heavy (non-hydrogen) atoms. The van der Waals surface area contributed by atoms with Gasteiger partial charge in [0.15, 0.2) is 0 Å². The van der Waals surface area contributed by atoms with E-state index >= 15 is 0 Å². The number of carbonyl (C=O) groups is 2. The van der Waals surface area contributed by atoms with Crippen LogP contribution in [0.15, 0.2) is 30.4 Å².